The summed E-state index contributed by atoms with van der Waals surface area (Å²) in [6, 6.07) is 8.76. The maximum Gasteiger partial charge on any atom is 0.0906 e. The zero-order valence-electron chi connectivity index (χ0n) is 13.6. The molecule has 0 saturated heterocycles. The van der Waals surface area contributed by atoms with Gasteiger partial charge in [0.1, 0.15) is 0 Å². The molecule has 1 N–H and O–H groups in total. The fourth-order valence-corrected chi connectivity index (χ4v) is 2.44. The lowest BCUT2D eigenvalue weighted by atomic mass is 9.97. The van der Waals surface area contributed by atoms with Crippen molar-refractivity contribution in [3.63, 3.8) is 0 Å². The highest BCUT2D eigenvalue weighted by atomic mass is 19.1. The fourth-order valence-electron chi connectivity index (χ4n) is 2.44. The number of hydrogen-bond acceptors (Lipinski definition) is 1. The largest absolute Gasteiger partial charge is 0.316 e. The average molecular weight is 291 g/mol. The van der Waals surface area contributed by atoms with Crippen LogP contribution in [0.2, 0.25) is 0 Å². The van der Waals surface area contributed by atoms with Crippen molar-refractivity contribution in [2.45, 2.75) is 52.4 Å². The Morgan fingerprint density at radius 1 is 1.19 bits per heavy atom. The summed E-state index contributed by atoms with van der Waals surface area (Å²) >= 11 is 0. The van der Waals surface area contributed by atoms with Crippen molar-refractivity contribution in [3.05, 3.63) is 41.5 Å². The van der Waals surface area contributed by atoms with E-state index in [1.54, 1.807) is 0 Å². The Bertz CT molecular complexity index is 412. The van der Waals surface area contributed by atoms with Crippen molar-refractivity contribution in [3.8, 4) is 0 Å². The van der Waals surface area contributed by atoms with Crippen LogP contribution in [0.1, 0.15) is 56.6 Å². The Morgan fingerprint density at radius 2 is 2.05 bits per heavy atom. The molecule has 0 aliphatic rings. The van der Waals surface area contributed by atoms with E-state index in [2.05, 4.69) is 49.5 Å². The van der Waals surface area contributed by atoms with E-state index in [4.69, 9.17) is 0 Å². The molecule has 21 heavy (non-hydrogen) atoms. The molecular weight excluding hydrogens is 261 g/mol. The first-order chi connectivity index (χ1) is 10.3. The van der Waals surface area contributed by atoms with Gasteiger partial charge in [-0.15, -0.1) is 0 Å². The minimum absolute atomic E-state index is 0.228. The van der Waals surface area contributed by atoms with E-state index in [1.165, 1.54) is 36.0 Å². The molecule has 0 fully saturated rings. The standard InChI is InChI=1S/C19H30FN/c1-3-4-5-10-18(12-7-14-21-15-8-13-20)19-11-6-9-17(2)16-19/h6,9,11-12,16,21H,3-5,7-8,10,13-15H2,1-2H3/b18-12+. The molecule has 1 aromatic rings. The molecule has 1 rings (SSSR count). The Morgan fingerprint density at radius 3 is 2.76 bits per heavy atom. The smallest absolute Gasteiger partial charge is 0.0906 e. The molecule has 1 aromatic carbocycles. The molecule has 0 aliphatic carbocycles. The van der Waals surface area contributed by atoms with Gasteiger partial charge in [0.2, 0.25) is 0 Å². The van der Waals surface area contributed by atoms with Crippen molar-refractivity contribution in [1.29, 1.82) is 0 Å². The van der Waals surface area contributed by atoms with E-state index in [0.29, 0.717) is 6.42 Å². The predicted octanol–water partition coefficient (Wildman–Crippen LogP) is 5.30. The first-order valence-corrected chi connectivity index (χ1v) is 8.30. The van der Waals surface area contributed by atoms with Gasteiger partial charge in [-0.25, -0.2) is 0 Å². The molecule has 0 amide bonds. The summed E-state index contributed by atoms with van der Waals surface area (Å²) in [5.74, 6) is 0. The summed E-state index contributed by atoms with van der Waals surface area (Å²) in [5, 5.41) is 3.29. The van der Waals surface area contributed by atoms with E-state index in [-0.39, 0.29) is 6.67 Å². The predicted molar refractivity (Wildman–Crippen MR) is 91.4 cm³/mol. The van der Waals surface area contributed by atoms with Gasteiger partial charge in [0.05, 0.1) is 6.67 Å². The van der Waals surface area contributed by atoms with Crippen LogP contribution in [0.25, 0.3) is 5.57 Å². The van der Waals surface area contributed by atoms with Gasteiger partial charge in [0.25, 0.3) is 0 Å². The minimum atomic E-state index is -0.228. The maximum atomic E-state index is 12.0. The topological polar surface area (TPSA) is 12.0 Å². The second-order valence-electron chi connectivity index (χ2n) is 5.64. The van der Waals surface area contributed by atoms with E-state index in [0.717, 1.165) is 25.9 Å². The number of alkyl halides is 1. The molecule has 0 atom stereocenters. The number of aryl methyl sites for hydroxylation is 1. The third kappa shape index (κ3) is 8.01. The van der Waals surface area contributed by atoms with Crippen molar-refractivity contribution in [2.75, 3.05) is 19.8 Å². The minimum Gasteiger partial charge on any atom is -0.316 e. The van der Waals surface area contributed by atoms with Gasteiger partial charge in [0, 0.05) is 0 Å². The molecule has 0 aromatic heterocycles. The van der Waals surface area contributed by atoms with E-state index in [9.17, 15) is 4.39 Å². The Kier molecular flexibility index (Phi) is 9.81. The molecule has 1 nitrogen and oxygen atoms in total. The van der Waals surface area contributed by atoms with Crippen LogP contribution in [-0.4, -0.2) is 19.8 Å². The molecule has 0 aliphatic heterocycles. The summed E-state index contributed by atoms with van der Waals surface area (Å²) in [4.78, 5) is 0. The molecule has 0 bridgehead atoms. The van der Waals surface area contributed by atoms with Gasteiger partial charge in [-0.05, 0) is 56.8 Å². The number of unbranched alkanes of at least 4 members (excludes halogenated alkanes) is 2. The van der Waals surface area contributed by atoms with Gasteiger partial charge in [-0.3, -0.25) is 4.39 Å². The number of hydrogen-bond donors (Lipinski definition) is 1. The van der Waals surface area contributed by atoms with Gasteiger partial charge in [-0.2, -0.15) is 0 Å². The summed E-state index contributed by atoms with van der Waals surface area (Å²) in [6.45, 7) is 5.87. The van der Waals surface area contributed by atoms with Gasteiger partial charge < -0.3 is 5.32 Å². The zero-order chi connectivity index (χ0) is 15.3. The molecule has 0 spiro atoms. The van der Waals surface area contributed by atoms with Gasteiger partial charge in [0.15, 0.2) is 0 Å². The molecule has 118 valence electrons. The highest BCUT2D eigenvalue weighted by molar-refractivity contribution is 5.66. The monoisotopic (exact) mass is 291 g/mol. The van der Waals surface area contributed by atoms with Crippen LogP contribution >= 0.6 is 0 Å². The van der Waals surface area contributed by atoms with Crippen LogP contribution in [0.4, 0.5) is 4.39 Å². The number of halogens is 1. The van der Waals surface area contributed by atoms with Crippen LogP contribution in [0, 0.1) is 6.92 Å². The first-order valence-electron chi connectivity index (χ1n) is 8.30. The van der Waals surface area contributed by atoms with Crippen molar-refractivity contribution in [1.82, 2.24) is 5.32 Å². The number of rotatable bonds is 11. The molecule has 0 heterocycles. The van der Waals surface area contributed by atoms with E-state index in [1.807, 2.05) is 0 Å². The molecule has 0 unspecified atom stereocenters. The van der Waals surface area contributed by atoms with E-state index >= 15 is 0 Å². The number of nitrogens with one attached hydrogen (secondary N) is 1. The molecular formula is C19H30FN. The molecule has 0 radical (unpaired) electrons. The lowest BCUT2D eigenvalue weighted by molar-refractivity contribution is 0.460. The molecule has 0 saturated carbocycles. The van der Waals surface area contributed by atoms with Crippen LogP contribution < -0.4 is 5.32 Å². The average Bonchev–Trinajstić information content (AvgIpc) is 2.49. The van der Waals surface area contributed by atoms with Crippen LogP contribution in [-0.2, 0) is 0 Å². The second-order valence-corrected chi connectivity index (χ2v) is 5.64. The van der Waals surface area contributed by atoms with Crippen LogP contribution in [0.15, 0.2) is 30.3 Å². The first kappa shape index (κ1) is 17.9. The second kappa shape index (κ2) is 11.5. The van der Waals surface area contributed by atoms with Crippen molar-refractivity contribution >= 4 is 5.57 Å². The quantitative estimate of drug-likeness (QED) is 0.546. The Labute approximate surface area is 129 Å². The molecule has 2 heteroatoms. The van der Waals surface area contributed by atoms with Crippen molar-refractivity contribution < 1.29 is 4.39 Å². The fraction of sp³-hybridized carbons (Fsp3) is 0.579. The number of benzene rings is 1. The van der Waals surface area contributed by atoms with Gasteiger partial charge >= 0.3 is 0 Å². The Hall–Kier alpha value is -1.15. The Balaban J connectivity index is 2.55. The third-order valence-corrected chi connectivity index (χ3v) is 3.64. The summed E-state index contributed by atoms with van der Waals surface area (Å²) in [6.07, 6.45) is 8.94. The van der Waals surface area contributed by atoms with Crippen molar-refractivity contribution in [2.24, 2.45) is 0 Å². The van der Waals surface area contributed by atoms with Gasteiger partial charge in [-0.1, -0.05) is 55.7 Å². The van der Waals surface area contributed by atoms with E-state index < -0.39 is 0 Å². The zero-order valence-corrected chi connectivity index (χ0v) is 13.6. The SMILES string of the molecule is CCCCC/C(=C\CCNCCCF)c1cccc(C)c1. The summed E-state index contributed by atoms with van der Waals surface area (Å²) < 4.78 is 12.0. The highest BCUT2D eigenvalue weighted by Gasteiger charge is 2.02. The lowest BCUT2D eigenvalue weighted by Gasteiger charge is -2.09. The summed E-state index contributed by atoms with van der Waals surface area (Å²) in [5.41, 5.74) is 4.13. The highest BCUT2D eigenvalue weighted by Crippen LogP contribution is 2.22. The van der Waals surface area contributed by atoms with Crippen LogP contribution in [0.5, 0.6) is 0 Å². The number of allylic oxidation sites excluding steroid dienone is 1. The van der Waals surface area contributed by atoms with Crippen LogP contribution in [0.3, 0.4) is 0 Å². The normalized spacial score (nSPS) is 11.9. The maximum absolute atomic E-state index is 12.0. The lowest BCUT2D eigenvalue weighted by Crippen LogP contribution is -2.16. The third-order valence-electron chi connectivity index (χ3n) is 3.64. The summed E-state index contributed by atoms with van der Waals surface area (Å²) in [7, 11) is 0.